The second kappa shape index (κ2) is 8.01. The van der Waals surface area contributed by atoms with E-state index < -0.39 is 0 Å². The third-order valence-electron chi connectivity index (χ3n) is 2.87. The van der Waals surface area contributed by atoms with Gasteiger partial charge in [0.2, 0.25) is 0 Å². The first-order valence-electron chi connectivity index (χ1n) is 6.69. The lowest BCUT2D eigenvalue weighted by molar-refractivity contribution is 0.183. The summed E-state index contributed by atoms with van der Waals surface area (Å²) in [5.41, 5.74) is 1.96. The highest BCUT2D eigenvalue weighted by Gasteiger charge is 2.02. The zero-order valence-electron chi connectivity index (χ0n) is 12.0. The summed E-state index contributed by atoms with van der Waals surface area (Å²) in [4.78, 5) is 15.6. The highest BCUT2D eigenvalue weighted by Crippen LogP contribution is 1.98. The number of rotatable bonds is 7. The van der Waals surface area contributed by atoms with Gasteiger partial charge in [0.15, 0.2) is 0 Å². The summed E-state index contributed by atoms with van der Waals surface area (Å²) in [6, 6.07) is 3.51. The Labute approximate surface area is 123 Å². The number of hydrogen-bond acceptors (Lipinski definition) is 4. The van der Waals surface area contributed by atoms with E-state index in [4.69, 9.17) is 4.74 Å². The summed E-state index contributed by atoms with van der Waals surface area (Å²) >= 11 is 0. The van der Waals surface area contributed by atoms with E-state index in [-0.39, 0.29) is 6.03 Å². The summed E-state index contributed by atoms with van der Waals surface area (Å²) in [6.07, 6.45) is 7.02. The van der Waals surface area contributed by atoms with Crippen LogP contribution in [0.2, 0.25) is 0 Å². The van der Waals surface area contributed by atoms with Gasteiger partial charge in [-0.15, -0.1) is 0 Å². The van der Waals surface area contributed by atoms with Crippen LogP contribution in [0.4, 0.5) is 4.79 Å². The van der Waals surface area contributed by atoms with Crippen LogP contribution in [0, 0.1) is 0 Å². The summed E-state index contributed by atoms with van der Waals surface area (Å²) in [5, 5.41) is 9.76. The third-order valence-corrected chi connectivity index (χ3v) is 2.87. The number of carbonyl (C=O) groups excluding carboxylic acids is 1. The van der Waals surface area contributed by atoms with Crippen LogP contribution in [0.1, 0.15) is 11.1 Å². The molecule has 0 aliphatic heterocycles. The van der Waals surface area contributed by atoms with Gasteiger partial charge in [0.05, 0.1) is 19.3 Å². The number of carbonyl (C=O) groups is 1. The van der Waals surface area contributed by atoms with E-state index in [1.54, 1.807) is 30.4 Å². The van der Waals surface area contributed by atoms with Crippen LogP contribution >= 0.6 is 0 Å². The smallest absolute Gasteiger partial charge is 0.315 e. The Kier molecular flexibility index (Phi) is 5.71. The Morgan fingerprint density at radius 3 is 2.67 bits per heavy atom. The van der Waals surface area contributed by atoms with Crippen LogP contribution < -0.4 is 10.6 Å². The van der Waals surface area contributed by atoms with Crippen LogP contribution in [0.5, 0.6) is 0 Å². The first kappa shape index (κ1) is 15.0. The molecule has 2 heterocycles. The molecule has 2 N–H and O–H groups in total. The maximum atomic E-state index is 11.7. The van der Waals surface area contributed by atoms with Gasteiger partial charge < -0.3 is 15.4 Å². The minimum absolute atomic E-state index is 0.212. The van der Waals surface area contributed by atoms with Gasteiger partial charge in [-0.1, -0.05) is 0 Å². The van der Waals surface area contributed by atoms with Crippen LogP contribution in [0.25, 0.3) is 0 Å². The average Bonchev–Trinajstić information content (AvgIpc) is 2.98. The standard InChI is InChI=1S/C14H19N5O2/c1-21-7-6-19-11-13(10-18-19)9-17-14(20)16-8-12-2-4-15-5-3-12/h2-5,10-11H,6-9H2,1H3,(H2,16,17,20). The van der Waals surface area contributed by atoms with E-state index in [2.05, 4.69) is 20.7 Å². The van der Waals surface area contributed by atoms with E-state index in [1.807, 2.05) is 18.3 Å². The molecule has 2 aromatic rings. The molecule has 0 atom stereocenters. The number of ether oxygens (including phenoxy) is 1. The molecular weight excluding hydrogens is 270 g/mol. The topological polar surface area (TPSA) is 81.1 Å². The molecule has 0 fully saturated rings. The zero-order chi connectivity index (χ0) is 14.9. The number of amides is 2. The number of hydrogen-bond donors (Lipinski definition) is 2. The highest BCUT2D eigenvalue weighted by atomic mass is 16.5. The van der Waals surface area contributed by atoms with Crippen molar-refractivity contribution < 1.29 is 9.53 Å². The first-order valence-corrected chi connectivity index (χ1v) is 6.69. The van der Waals surface area contributed by atoms with Crippen molar-refractivity contribution in [2.45, 2.75) is 19.6 Å². The van der Waals surface area contributed by atoms with Gasteiger partial charge in [-0.25, -0.2) is 4.79 Å². The molecular formula is C14H19N5O2. The zero-order valence-corrected chi connectivity index (χ0v) is 12.0. The molecule has 2 rings (SSSR count). The van der Waals surface area contributed by atoms with Gasteiger partial charge in [-0.2, -0.15) is 5.10 Å². The molecule has 112 valence electrons. The van der Waals surface area contributed by atoms with Crippen LogP contribution in [-0.4, -0.2) is 34.5 Å². The van der Waals surface area contributed by atoms with Crippen molar-refractivity contribution >= 4 is 6.03 Å². The Bertz CT molecular complexity index is 556. The average molecular weight is 289 g/mol. The van der Waals surface area contributed by atoms with E-state index in [0.717, 1.165) is 11.1 Å². The van der Waals surface area contributed by atoms with Crippen molar-refractivity contribution in [1.29, 1.82) is 0 Å². The van der Waals surface area contributed by atoms with Crippen molar-refractivity contribution in [3.63, 3.8) is 0 Å². The maximum absolute atomic E-state index is 11.7. The van der Waals surface area contributed by atoms with Gasteiger partial charge in [0, 0.05) is 44.4 Å². The summed E-state index contributed by atoms with van der Waals surface area (Å²) in [5.74, 6) is 0. The lowest BCUT2D eigenvalue weighted by atomic mass is 10.3. The predicted molar refractivity (Wildman–Crippen MR) is 77.4 cm³/mol. The fraction of sp³-hybridized carbons (Fsp3) is 0.357. The summed E-state index contributed by atoms with van der Waals surface area (Å²) in [7, 11) is 1.65. The molecule has 0 aliphatic carbocycles. The highest BCUT2D eigenvalue weighted by molar-refractivity contribution is 5.73. The fourth-order valence-electron chi connectivity index (χ4n) is 1.73. The number of pyridine rings is 1. The minimum Gasteiger partial charge on any atom is -0.383 e. The Hall–Kier alpha value is -2.41. The number of methoxy groups -OCH3 is 1. The van der Waals surface area contributed by atoms with E-state index in [0.29, 0.717) is 26.2 Å². The lowest BCUT2D eigenvalue weighted by Crippen LogP contribution is -2.34. The van der Waals surface area contributed by atoms with Crippen molar-refractivity contribution in [2.24, 2.45) is 0 Å². The molecule has 0 spiro atoms. The third kappa shape index (κ3) is 5.23. The van der Waals surface area contributed by atoms with Crippen LogP contribution in [0.15, 0.2) is 36.9 Å². The molecule has 0 aliphatic rings. The van der Waals surface area contributed by atoms with Crippen molar-refractivity contribution in [1.82, 2.24) is 25.4 Å². The fourth-order valence-corrected chi connectivity index (χ4v) is 1.73. The van der Waals surface area contributed by atoms with E-state index in [1.165, 1.54) is 0 Å². The molecule has 0 radical (unpaired) electrons. The number of urea groups is 1. The Morgan fingerprint density at radius 2 is 1.95 bits per heavy atom. The Morgan fingerprint density at radius 1 is 1.24 bits per heavy atom. The number of nitrogens with one attached hydrogen (secondary N) is 2. The van der Waals surface area contributed by atoms with Crippen molar-refractivity contribution in [2.75, 3.05) is 13.7 Å². The summed E-state index contributed by atoms with van der Waals surface area (Å²) in [6.45, 7) is 2.22. The molecule has 0 unspecified atom stereocenters. The number of nitrogens with zero attached hydrogens (tertiary/aromatic N) is 3. The number of aromatic nitrogens is 3. The minimum atomic E-state index is -0.212. The molecule has 2 aromatic heterocycles. The second-order valence-corrected chi connectivity index (χ2v) is 4.50. The van der Waals surface area contributed by atoms with Crippen LogP contribution in [0.3, 0.4) is 0 Å². The van der Waals surface area contributed by atoms with Gasteiger partial charge >= 0.3 is 6.03 Å². The first-order chi connectivity index (χ1) is 10.3. The molecule has 0 saturated heterocycles. The predicted octanol–water partition coefficient (Wildman–Crippen LogP) is 0.924. The quantitative estimate of drug-likeness (QED) is 0.794. The molecule has 7 heteroatoms. The maximum Gasteiger partial charge on any atom is 0.315 e. The van der Waals surface area contributed by atoms with Gasteiger partial charge in [0.1, 0.15) is 0 Å². The van der Waals surface area contributed by atoms with Crippen molar-refractivity contribution in [3.8, 4) is 0 Å². The van der Waals surface area contributed by atoms with Crippen molar-refractivity contribution in [3.05, 3.63) is 48.0 Å². The summed E-state index contributed by atoms with van der Waals surface area (Å²) < 4.78 is 6.77. The second-order valence-electron chi connectivity index (χ2n) is 4.50. The molecule has 21 heavy (non-hydrogen) atoms. The van der Waals surface area contributed by atoms with Gasteiger partial charge in [0.25, 0.3) is 0 Å². The Balaban J connectivity index is 1.70. The SMILES string of the molecule is COCCn1cc(CNC(=O)NCc2ccncc2)cn1. The van der Waals surface area contributed by atoms with E-state index in [9.17, 15) is 4.79 Å². The monoisotopic (exact) mass is 289 g/mol. The van der Waals surface area contributed by atoms with Gasteiger partial charge in [-0.3, -0.25) is 9.67 Å². The normalized spacial score (nSPS) is 10.3. The largest absolute Gasteiger partial charge is 0.383 e. The lowest BCUT2D eigenvalue weighted by Gasteiger charge is -2.06. The molecule has 0 saturated carbocycles. The molecule has 7 nitrogen and oxygen atoms in total. The molecule has 0 bridgehead atoms. The van der Waals surface area contributed by atoms with Crippen LogP contribution in [-0.2, 0) is 24.4 Å². The molecule has 2 amide bonds. The van der Waals surface area contributed by atoms with Gasteiger partial charge in [-0.05, 0) is 17.7 Å². The van der Waals surface area contributed by atoms with E-state index >= 15 is 0 Å². The molecule has 0 aromatic carbocycles.